The van der Waals surface area contributed by atoms with E-state index in [2.05, 4.69) is 97.3 Å². The van der Waals surface area contributed by atoms with Gasteiger partial charge in [-0.25, -0.2) is 0 Å². The van der Waals surface area contributed by atoms with Gasteiger partial charge in [-0.05, 0) is 36.4 Å². The predicted octanol–water partition coefficient (Wildman–Crippen LogP) is 9.34. The summed E-state index contributed by atoms with van der Waals surface area (Å²) in [5.74, 6) is 0. The van der Waals surface area contributed by atoms with Crippen molar-refractivity contribution in [3.63, 3.8) is 0 Å². The summed E-state index contributed by atoms with van der Waals surface area (Å²) in [7, 11) is -0.139. The van der Waals surface area contributed by atoms with Gasteiger partial charge in [0.2, 0.25) is 0 Å². The van der Waals surface area contributed by atoms with Gasteiger partial charge in [-0.1, -0.05) is 116 Å². The van der Waals surface area contributed by atoms with Crippen LogP contribution in [0.3, 0.4) is 0 Å². The van der Waals surface area contributed by atoms with Crippen molar-refractivity contribution in [2.75, 3.05) is 4.90 Å². The van der Waals surface area contributed by atoms with Crippen LogP contribution in [0.4, 0.5) is 17.1 Å². The average molecular weight is 410 g/mol. The highest BCUT2D eigenvalue weighted by atomic mass is 28.3. The minimum absolute atomic E-state index is 0.139. The van der Waals surface area contributed by atoms with Crippen molar-refractivity contribution in [1.82, 2.24) is 0 Å². The summed E-state index contributed by atoms with van der Waals surface area (Å²) in [5.41, 5.74) is 3.50. The molecule has 0 unspecified atom stereocenters. The molecule has 0 saturated carbocycles. The van der Waals surface area contributed by atoms with Crippen LogP contribution in [0.2, 0.25) is 19.6 Å². The van der Waals surface area contributed by atoms with Crippen molar-refractivity contribution in [2.24, 2.45) is 0 Å². The lowest BCUT2D eigenvalue weighted by molar-refractivity contribution is 1.28. The van der Waals surface area contributed by atoms with Gasteiger partial charge in [-0.15, -0.1) is 0 Å². The molecule has 0 saturated heterocycles. The molecule has 0 radical (unpaired) electrons. The smallest absolute Gasteiger partial charge is 0.0461 e. The standard InChI is InChI=1S/C18H15N.C3H10Si.3C2H6/c1-4-10-16(11-5-1)19(17-12-6-2-7-13-17)18-14-8-3-9-15-18;1-4(2)3;3*1-2/h1-15H;4H,1-3H3;3*1-2H3. The fourth-order valence-corrected chi connectivity index (χ4v) is 2.18. The minimum Gasteiger partial charge on any atom is -0.311 e. The van der Waals surface area contributed by atoms with Crippen molar-refractivity contribution < 1.29 is 0 Å². The number of benzene rings is 3. The summed E-state index contributed by atoms with van der Waals surface area (Å²) in [6.45, 7) is 18.9. The zero-order valence-electron chi connectivity index (χ0n) is 20.2. The third-order valence-corrected chi connectivity index (χ3v) is 3.04. The quantitative estimate of drug-likeness (QED) is 0.389. The molecule has 0 aromatic heterocycles. The zero-order chi connectivity index (χ0) is 22.5. The lowest BCUT2D eigenvalue weighted by atomic mass is 10.2. The topological polar surface area (TPSA) is 3.24 Å². The zero-order valence-corrected chi connectivity index (χ0v) is 21.3. The van der Waals surface area contributed by atoms with E-state index in [9.17, 15) is 0 Å². The van der Waals surface area contributed by atoms with Crippen LogP contribution in [0.1, 0.15) is 41.5 Å². The van der Waals surface area contributed by atoms with Crippen LogP contribution in [0, 0.1) is 0 Å². The number of anilines is 3. The lowest BCUT2D eigenvalue weighted by Crippen LogP contribution is -2.09. The van der Waals surface area contributed by atoms with E-state index in [1.165, 1.54) is 17.1 Å². The molecule has 0 bridgehead atoms. The molecule has 3 rings (SSSR count). The normalized spacial score (nSPS) is 8.48. The van der Waals surface area contributed by atoms with E-state index in [0.717, 1.165) is 0 Å². The van der Waals surface area contributed by atoms with E-state index >= 15 is 0 Å². The molecule has 160 valence electrons. The molecule has 0 fully saturated rings. The van der Waals surface area contributed by atoms with Crippen LogP contribution in [-0.4, -0.2) is 8.80 Å². The second-order valence-electron chi connectivity index (χ2n) is 6.07. The minimum atomic E-state index is -0.139. The van der Waals surface area contributed by atoms with Crippen LogP contribution < -0.4 is 4.90 Å². The molecule has 0 spiro atoms. The molecule has 3 aromatic carbocycles. The van der Waals surface area contributed by atoms with Gasteiger partial charge < -0.3 is 4.90 Å². The number of para-hydroxylation sites is 3. The summed E-state index contributed by atoms with van der Waals surface area (Å²) < 4.78 is 0. The molecular weight excluding hydrogens is 366 g/mol. The van der Waals surface area contributed by atoms with Gasteiger partial charge in [0.05, 0.1) is 0 Å². The first kappa shape index (κ1) is 28.9. The number of hydrogen-bond acceptors (Lipinski definition) is 1. The molecule has 2 heteroatoms. The molecule has 0 atom stereocenters. The first-order valence-electron chi connectivity index (χ1n) is 11.1. The Hall–Kier alpha value is -2.32. The summed E-state index contributed by atoms with van der Waals surface area (Å²) in [6, 6.07) is 31.3. The molecule has 3 aromatic rings. The highest BCUT2D eigenvalue weighted by Gasteiger charge is 2.10. The van der Waals surface area contributed by atoms with Gasteiger partial charge in [0.1, 0.15) is 0 Å². The van der Waals surface area contributed by atoms with Gasteiger partial charge >= 0.3 is 0 Å². The maximum Gasteiger partial charge on any atom is 0.0461 e. The van der Waals surface area contributed by atoms with Gasteiger partial charge in [0, 0.05) is 25.9 Å². The second-order valence-corrected chi connectivity index (χ2v) is 9.54. The van der Waals surface area contributed by atoms with Crippen molar-refractivity contribution in [3.8, 4) is 0 Å². The Morgan fingerprint density at radius 3 is 0.759 bits per heavy atom. The highest BCUT2D eigenvalue weighted by molar-refractivity contribution is 6.54. The average Bonchev–Trinajstić information content (AvgIpc) is 2.80. The lowest BCUT2D eigenvalue weighted by Gasteiger charge is -2.25. The Morgan fingerprint density at radius 1 is 0.414 bits per heavy atom. The van der Waals surface area contributed by atoms with E-state index in [0.29, 0.717) is 0 Å². The first-order valence-corrected chi connectivity index (χ1v) is 14.6. The molecule has 1 nitrogen and oxygen atoms in total. The molecule has 0 heterocycles. The Labute approximate surface area is 183 Å². The molecule has 29 heavy (non-hydrogen) atoms. The second kappa shape index (κ2) is 20.4. The Morgan fingerprint density at radius 2 is 0.586 bits per heavy atom. The summed E-state index contributed by atoms with van der Waals surface area (Å²) in [4.78, 5) is 2.25. The molecule has 0 aliphatic heterocycles. The predicted molar refractivity (Wildman–Crippen MR) is 140 cm³/mol. The molecular formula is C27H43NSi. The SMILES string of the molecule is CC.CC.CC.C[SiH](C)C.c1ccc(N(c2ccccc2)c2ccccc2)cc1. The largest absolute Gasteiger partial charge is 0.311 e. The van der Waals surface area contributed by atoms with Crippen LogP contribution in [-0.2, 0) is 0 Å². The van der Waals surface area contributed by atoms with Crippen molar-refractivity contribution in [3.05, 3.63) is 91.0 Å². The van der Waals surface area contributed by atoms with Gasteiger partial charge in [0.25, 0.3) is 0 Å². The Bertz CT molecular complexity index is 570. The summed E-state index contributed by atoms with van der Waals surface area (Å²) >= 11 is 0. The highest BCUT2D eigenvalue weighted by Crippen LogP contribution is 2.33. The van der Waals surface area contributed by atoms with Gasteiger partial charge in [0.15, 0.2) is 0 Å². The van der Waals surface area contributed by atoms with Crippen LogP contribution >= 0.6 is 0 Å². The fourth-order valence-electron chi connectivity index (χ4n) is 2.18. The number of nitrogens with zero attached hydrogens (tertiary/aromatic N) is 1. The molecule has 0 N–H and O–H groups in total. The van der Waals surface area contributed by atoms with E-state index < -0.39 is 0 Å². The van der Waals surface area contributed by atoms with Crippen LogP contribution in [0.25, 0.3) is 0 Å². The maximum absolute atomic E-state index is 2.31. The van der Waals surface area contributed by atoms with E-state index in [1.54, 1.807) is 0 Å². The van der Waals surface area contributed by atoms with Crippen molar-refractivity contribution >= 4 is 25.9 Å². The first-order chi connectivity index (χ1) is 14.2. The van der Waals surface area contributed by atoms with Gasteiger partial charge in [-0.3, -0.25) is 0 Å². The Kier molecular flexibility index (Phi) is 20.3. The Balaban J connectivity index is 0. The monoisotopic (exact) mass is 409 g/mol. The molecule has 0 amide bonds. The summed E-state index contributed by atoms with van der Waals surface area (Å²) in [5, 5.41) is 0. The summed E-state index contributed by atoms with van der Waals surface area (Å²) in [6.07, 6.45) is 0. The van der Waals surface area contributed by atoms with E-state index in [1.807, 2.05) is 59.7 Å². The number of hydrogen-bond donors (Lipinski definition) is 0. The third kappa shape index (κ3) is 12.7. The maximum atomic E-state index is 2.31. The fraction of sp³-hybridized carbons (Fsp3) is 0.333. The van der Waals surface area contributed by atoms with E-state index in [4.69, 9.17) is 0 Å². The van der Waals surface area contributed by atoms with Crippen molar-refractivity contribution in [2.45, 2.75) is 61.2 Å². The van der Waals surface area contributed by atoms with Crippen molar-refractivity contribution in [1.29, 1.82) is 0 Å². The van der Waals surface area contributed by atoms with E-state index in [-0.39, 0.29) is 8.80 Å². The van der Waals surface area contributed by atoms with Crippen LogP contribution in [0.15, 0.2) is 91.0 Å². The molecule has 0 aliphatic rings. The number of rotatable bonds is 3. The van der Waals surface area contributed by atoms with Crippen LogP contribution in [0.5, 0.6) is 0 Å². The van der Waals surface area contributed by atoms with Gasteiger partial charge in [-0.2, -0.15) is 0 Å². The third-order valence-electron chi connectivity index (χ3n) is 3.04. The molecule has 0 aliphatic carbocycles.